The molecule has 0 saturated carbocycles. The smallest absolute Gasteiger partial charge is 0.306 e. The van der Waals surface area contributed by atoms with Gasteiger partial charge in [0, 0.05) is 6.42 Å². The van der Waals surface area contributed by atoms with E-state index in [1.807, 2.05) is 36.4 Å². The van der Waals surface area contributed by atoms with Crippen LogP contribution in [0, 0.1) is 5.92 Å². The van der Waals surface area contributed by atoms with Gasteiger partial charge in [-0.25, -0.2) is 0 Å². The summed E-state index contributed by atoms with van der Waals surface area (Å²) in [5, 5.41) is 22.8. The predicted octanol–water partition coefficient (Wildman–Crippen LogP) is 5.47. The lowest BCUT2D eigenvalue weighted by molar-refractivity contribution is -0.141. The highest BCUT2D eigenvalue weighted by molar-refractivity contribution is 6.02. The fourth-order valence-corrected chi connectivity index (χ4v) is 4.68. The zero-order valence-electron chi connectivity index (χ0n) is 16.6. The van der Waals surface area contributed by atoms with Crippen molar-refractivity contribution in [1.29, 1.82) is 0 Å². The number of hydrogen-bond donors (Lipinski definition) is 2. The maximum Gasteiger partial charge on any atom is 0.306 e. The summed E-state index contributed by atoms with van der Waals surface area (Å²) in [6.45, 7) is 0. The molecule has 2 aromatic carbocycles. The number of hydrogen-bond acceptors (Lipinski definition) is 3. The lowest BCUT2D eigenvalue weighted by atomic mass is 9.90. The lowest BCUT2D eigenvalue weighted by Gasteiger charge is -2.15. The average Bonchev–Trinajstić information content (AvgIpc) is 3.12. The van der Waals surface area contributed by atoms with E-state index in [4.69, 9.17) is 0 Å². The highest BCUT2D eigenvalue weighted by Gasteiger charge is 2.26. The van der Waals surface area contributed by atoms with Gasteiger partial charge in [0.15, 0.2) is 0 Å². The third-order valence-corrected chi connectivity index (χ3v) is 6.28. The normalized spacial score (nSPS) is 17.0. The Morgan fingerprint density at radius 3 is 2.62 bits per heavy atom. The van der Waals surface area contributed by atoms with E-state index >= 15 is 0 Å². The van der Waals surface area contributed by atoms with Crippen molar-refractivity contribution in [3.05, 3.63) is 76.4 Å². The number of aliphatic carboxylic acids is 1. The molecule has 1 atom stereocenters. The van der Waals surface area contributed by atoms with Crippen molar-refractivity contribution in [1.82, 2.24) is 0 Å². The lowest BCUT2D eigenvalue weighted by Crippen LogP contribution is -2.19. The quantitative estimate of drug-likeness (QED) is 0.375. The van der Waals surface area contributed by atoms with Crippen LogP contribution >= 0.6 is 0 Å². The number of aryl methyl sites for hydroxylation is 1. The first-order valence-electron chi connectivity index (χ1n) is 10.5. The van der Waals surface area contributed by atoms with E-state index in [-0.39, 0.29) is 6.42 Å². The molecule has 0 fully saturated rings. The second kappa shape index (κ2) is 8.64. The maximum absolute atomic E-state index is 11.8. The highest BCUT2D eigenvalue weighted by Crippen LogP contribution is 2.41. The third kappa shape index (κ3) is 4.26. The number of rotatable bonds is 7. The van der Waals surface area contributed by atoms with Crippen molar-refractivity contribution >= 4 is 17.3 Å². The molecule has 0 aromatic heterocycles. The number of carboxylic acids is 1. The van der Waals surface area contributed by atoms with Gasteiger partial charge >= 0.3 is 5.97 Å². The molecular formula is C25H27NO3. The zero-order valence-corrected chi connectivity index (χ0v) is 16.6. The van der Waals surface area contributed by atoms with Gasteiger partial charge in [-0.05, 0) is 78.8 Å². The van der Waals surface area contributed by atoms with Crippen LogP contribution in [0.2, 0.25) is 0 Å². The standard InChI is InChI=1S/C25H27NO3/c27-25(28)20(11-10-17-6-2-1-3-7-17)16-24(26-29)19-12-13-23-21(15-19)14-18-8-4-5-9-22(18)23/h1-3,6-7,12-13,15,20,29H,4-5,8-11,14,16H2,(H,27,28)/t20-/m1/s1. The van der Waals surface area contributed by atoms with Gasteiger partial charge in [0.05, 0.1) is 11.6 Å². The summed E-state index contributed by atoms with van der Waals surface area (Å²) in [5.41, 5.74) is 8.08. The zero-order chi connectivity index (χ0) is 20.2. The molecule has 29 heavy (non-hydrogen) atoms. The van der Waals surface area contributed by atoms with E-state index in [1.54, 1.807) is 5.57 Å². The summed E-state index contributed by atoms with van der Waals surface area (Å²) in [6, 6.07) is 16.1. The monoisotopic (exact) mass is 389 g/mol. The second-order valence-electron chi connectivity index (χ2n) is 8.15. The summed E-state index contributed by atoms with van der Waals surface area (Å²) in [5.74, 6) is -1.43. The first-order valence-corrected chi connectivity index (χ1v) is 10.5. The summed E-state index contributed by atoms with van der Waals surface area (Å²) in [7, 11) is 0. The molecule has 2 aliphatic carbocycles. The topological polar surface area (TPSA) is 69.9 Å². The first-order chi connectivity index (χ1) is 14.2. The molecular weight excluding hydrogens is 362 g/mol. The number of oxime groups is 1. The van der Waals surface area contributed by atoms with E-state index in [1.165, 1.54) is 36.0 Å². The molecule has 0 bridgehead atoms. The molecule has 0 radical (unpaired) electrons. The molecule has 4 rings (SSSR count). The minimum Gasteiger partial charge on any atom is -0.481 e. The fourth-order valence-electron chi connectivity index (χ4n) is 4.68. The number of carbonyl (C=O) groups is 1. The Bertz CT molecular complexity index is 959. The van der Waals surface area contributed by atoms with Crippen LogP contribution in [0.25, 0.3) is 5.57 Å². The van der Waals surface area contributed by atoms with Gasteiger partial charge in [-0.3, -0.25) is 4.79 Å². The van der Waals surface area contributed by atoms with Crippen molar-refractivity contribution < 1.29 is 15.1 Å². The van der Waals surface area contributed by atoms with Crippen LogP contribution in [0.3, 0.4) is 0 Å². The van der Waals surface area contributed by atoms with Crippen molar-refractivity contribution in [3.8, 4) is 0 Å². The van der Waals surface area contributed by atoms with E-state index in [0.717, 1.165) is 24.0 Å². The average molecular weight is 389 g/mol. The molecule has 0 unspecified atom stereocenters. The van der Waals surface area contributed by atoms with E-state index in [2.05, 4.69) is 17.3 Å². The summed E-state index contributed by atoms with van der Waals surface area (Å²) < 4.78 is 0. The number of fused-ring (bicyclic) bond motifs is 2. The third-order valence-electron chi connectivity index (χ3n) is 6.28. The van der Waals surface area contributed by atoms with E-state index in [9.17, 15) is 15.1 Å². The molecule has 0 heterocycles. The summed E-state index contributed by atoms with van der Waals surface area (Å²) >= 11 is 0. The van der Waals surface area contributed by atoms with Crippen LogP contribution in [0.4, 0.5) is 0 Å². The van der Waals surface area contributed by atoms with Crippen molar-refractivity contribution in [2.75, 3.05) is 0 Å². The number of benzene rings is 2. The van der Waals surface area contributed by atoms with Gasteiger partial charge in [0.2, 0.25) is 0 Å². The molecule has 2 aliphatic rings. The van der Waals surface area contributed by atoms with E-state index < -0.39 is 11.9 Å². The van der Waals surface area contributed by atoms with E-state index in [0.29, 0.717) is 18.6 Å². The van der Waals surface area contributed by atoms with Crippen LogP contribution in [-0.4, -0.2) is 22.0 Å². The molecule has 150 valence electrons. The van der Waals surface area contributed by atoms with Crippen molar-refractivity contribution in [2.45, 2.75) is 51.4 Å². The SMILES string of the molecule is O=C(O)[C@H](CCc1ccccc1)CC(=NO)c1ccc2c(c1)CC1=C2CCCC1. The summed E-state index contributed by atoms with van der Waals surface area (Å²) in [4.78, 5) is 11.8. The van der Waals surface area contributed by atoms with Gasteiger partial charge in [0.1, 0.15) is 0 Å². The minimum absolute atomic E-state index is 0.227. The fraction of sp³-hybridized carbons (Fsp3) is 0.360. The Balaban J connectivity index is 1.48. The van der Waals surface area contributed by atoms with Crippen LogP contribution < -0.4 is 0 Å². The van der Waals surface area contributed by atoms with Gasteiger partial charge in [-0.15, -0.1) is 0 Å². The Morgan fingerprint density at radius 2 is 1.86 bits per heavy atom. The molecule has 4 heteroatoms. The molecule has 0 spiro atoms. The molecule has 2 aromatic rings. The molecule has 0 aliphatic heterocycles. The molecule has 0 saturated heterocycles. The maximum atomic E-state index is 11.8. The van der Waals surface area contributed by atoms with Gasteiger partial charge in [-0.1, -0.05) is 53.2 Å². The minimum atomic E-state index is -0.847. The first kappa shape index (κ1) is 19.4. The Morgan fingerprint density at radius 1 is 1.07 bits per heavy atom. The van der Waals surface area contributed by atoms with Crippen LogP contribution in [-0.2, 0) is 17.6 Å². The number of allylic oxidation sites excluding steroid dienone is 2. The molecule has 4 nitrogen and oxygen atoms in total. The Hall–Kier alpha value is -2.88. The number of carboxylic acid groups (broad SMARTS) is 1. The van der Waals surface area contributed by atoms with Gasteiger partial charge in [0.25, 0.3) is 0 Å². The number of nitrogens with zero attached hydrogens (tertiary/aromatic N) is 1. The van der Waals surface area contributed by atoms with Crippen molar-refractivity contribution in [3.63, 3.8) is 0 Å². The highest BCUT2D eigenvalue weighted by atomic mass is 16.4. The van der Waals surface area contributed by atoms with Crippen LogP contribution in [0.1, 0.15) is 60.8 Å². The Kier molecular flexibility index (Phi) is 5.79. The van der Waals surface area contributed by atoms with Crippen molar-refractivity contribution in [2.24, 2.45) is 11.1 Å². The largest absolute Gasteiger partial charge is 0.481 e. The molecule has 2 N–H and O–H groups in total. The Labute approximate surface area is 171 Å². The van der Waals surface area contributed by atoms with Gasteiger partial charge < -0.3 is 10.3 Å². The van der Waals surface area contributed by atoms with Crippen LogP contribution in [0.15, 0.2) is 59.3 Å². The van der Waals surface area contributed by atoms with Gasteiger partial charge in [-0.2, -0.15) is 0 Å². The molecule has 0 amide bonds. The van der Waals surface area contributed by atoms with Crippen LogP contribution in [0.5, 0.6) is 0 Å². The predicted molar refractivity (Wildman–Crippen MR) is 114 cm³/mol. The summed E-state index contributed by atoms with van der Waals surface area (Å²) in [6.07, 6.45) is 7.27. The second-order valence-corrected chi connectivity index (χ2v) is 8.15.